The zero-order valence-electron chi connectivity index (χ0n) is 25.3. The van der Waals surface area contributed by atoms with E-state index in [1.807, 2.05) is 0 Å². The molecule has 0 unspecified atom stereocenters. The van der Waals surface area contributed by atoms with Gasteiger partial charge < -0.3 is 57.2 Å². The summed E-state index contributed by atoms with van der Waals surface area (Å²) in [6.45, 7) is 6.98. The van der Waals surface area contributed by atoms with Crippen LogP contribution in [0.25, 0.3) is 0 Å². The number of hydrogen-bond donors (Lipinski definition) is 0. The van der Waals surface area contributed by atoms with Crippen molar-refractivity contribution in [2.45, 2.75) is 77.0 Å². The maximum Gasteiger partial charge on any atom is 0.120 e. The van der Waals surface area contributed by atoms with Gasteiger partial charge in [0, 0.05) is 78.2 Å². The van der Waals surface area contributed by atoms with Crippen molar-refractivity contribution in [2.24, 2.45) is 0 Å². The van der Waals surface area contributed by atoms with E-state index in [2.05, 4.69) is 0 Å². The molecule has 12 nitrogen and oxygen atoms in total. The lowest BCUT2D eigenvalue weighted by molar-refractivity contribution is -0.109. The summed E-state index contributed by atoms with van der Waals surface area (Å²) in [7, 11) is 0. The van der Waals surface area contributed by atoms with Crippen LogP contribution in [0.2, 0.25) is 0 Å². The molecule has 0 aromatic heterocycles. The highest BCUT2D eigenvalue weighted by Crippen LogP contribution is 1.91. The molecule has 0 rings (SSSR count). The van der Waals surface area contributed by atoms with E-state index in [9.17, 15) is 28.8 Å². The molecule has 0 amide bonds. The van der Waals surface area contributed by atoms with Gasteiger partial charge in [0.1, 0.15) is 37.7 Å². The molecule has 0 bridgehead atoms. The van der Waals surface area contributed by atoms with Gasteiger partial charge in [-0.15, -0.1) is 0 Å². The highest BCUT2D eigenvalue weighted by Gasteiger charge is 1.93. The molecule has 0 saturated carbocycles. The van der Waals surface area contributed by atoms with Gasteiger partial charge in [-0.25, -0.2) is 0 Å². The maximum atomic E-state index is 9.93. The maximum absolute atomic E-state index is 9.93. The van der Waals surface area contributed by atoms with Crippen LogP contribution in [0.5, 0.6) is 0 Å². The fourth-order valence-electron chi connectivity index (χ4n) is 2.58. The second kappa shape index (κ2) is 48.5. The first-order valence-corrected chi connectivity index (χ1v) is 14.8. The standard InChI is InChI=1S/3C10H18O4/c3*11-5-1-3-7-13-9-10-14-8-4-2-6-12/h3*5-6H,1-4,7-10H2. The zero-order chi connectivity index (χ0) is 31.5. The first-order chi connectivity index (χ1) is 20.7. The Morgan fingerprint density at radius 3 is 0.500 bits per heavy atom. The number of hydrogen-bond acceptors (Lipinski definition) is 12. The lowest BCUT2D eigenvalue weighted by Crippen LogP contribution is -2.06. The predicted molar refractivity (Wildman–Crippen MR) is 157 cm³/mol. The van der Waals surface area contributed by atoms with Crippen LogP contribution in [0.4, 0.5) is 0 Å². The molecule has 0 radical (unpaired) electrons. The van der Waals surface area contributed by atoms with Crippen LogP contribution in [0.3, 0.4) is 0 Å². The number of ether oxygens (including phenoxy) is 6. The first-order valence-electron chi connectivity index (χ1n) is 14.8. The summed E-state index contributed by atoms with van der Waals surface area (Å²) < 4.78 is 31.1. The lowest BCUT2D eigenvalue weighted by Gasteiger charge is -2.03. The average Bonchev–Trinajstić information content (AvgIpc) is 3.01. The van der Waals surface area contributed by atoms with Crippen LogP contribution < -0.4 is 0 Å². The van der Waals surface area contributed by atoms with Gasteiger partial charge in [-0.05, 0) is 38.5 Å². The van der Waals surface area contributed by atoms with Gasteiger partial charge in [-0.2, -0.15) is 0 Å². The molecule has 0 fully saturated rings. The Balaban J connectivity index is -0.000000543. The summed E-state index contributed by atoms with van der Waals surface area (Å²) in [5, 5.41) is 0. The Morgan fingerprint density at radius 2 is 0.381 bits per heavy atom. The third-order valence-electron chi connectivity index (χ3n) is 4.78. The van der Waals surface area contributed by atoms with Crippen molar-refractivity contribution >= 4 is 37.7 Å². The number of rotatable bonds is 33. The van der Waals surface area contributed by atoms with Crippen LogP contribution in [0.15, 0.2) is 0 Å². The fourth-order valence-corrected chi connectivity index (χ4v) is 2.58. The molecule has 0 N–H and O–H groups in total. The van der Waals surface area contributed by atoms with E-state index in [1.54, 1.807) is 0 Å². The zero-order valence-corrected chi connectivity index (χ0v) is 25.3. The van der Waals surface area contributed by atoms with Crippen molar-refractivity contribution in [3.63, 3.8) is 0 Å². The van der Waals surface area contributed by atoms with E-state index in [0.29, 0.717) is 118 Å². The van der Waals surface area contributed by atoms with Gasteiger partial charge in [0.2, 0.25) is 0 Å². The largest absolute Gasteiger partial charge is 0.379 e. The molecular formula is C30H54O12. The molecule has 0 heterocycles. The Labute approximate surface area is 251 Å². The molecule has 0 aliphatic carbocycles. The van der Waals surface area contributed by atoms with Crippen LogP contribution in [0, 0.1) is 0 Å². The van der Waals surface area contributed by atoms with Crippen LogP contribution in [0.1, 0.15) is 77.0 Å². The Morgan fingerprint density at radius 1 is 0.238 bits per heavy atom. The van der Waals surface area contributed by atoms with Crippen molar-refractivity contribution < 1.29 is 57.2 Å². The van der Waals surface area contributed by atoms with Gasteiger partial charge in [-0.3, -0.25) is 0 Å². The minimum Gasteiger partial charge on any atom is -0.379 e. The van der Waals surface area contributed by atoms with Crippen LogP contribution in [-0.2, 0) is 57.2 Å². The van der Waals surface area contributed by atoms with Crippen molar-refractivity contribution in [1.29, 1.82) is 0 Å². The summed E-state index contributed by atoms with van der Waals surface area (Å²) >= 11 is 0. The van der Waals surface area contributed by atoms with Crippen molar-refractivity contribution in [3.05, 3.63) is 0 Å². The Kier molecular flexibility index (Phi) is 51.1. The van der Waals surface area contributed by atoms with Gasteiger partial charge in [0.25, 0.3) is 0 Å². The van der Waals surface area contributed by atoms with E-state index >= 15 is 0 Å². The average molecular weight is 607 g/mol. The molecule has 0 atom stereocenters. The summed E-state index contributed by atoms with van der Waals surface area (Å²) in [6, 6.07) is 0. The van der Waals surface area contributed by atoms with Crippen molar-refractivity contribution in [1.82, 2.24) is 0 Å². The predicted octanol–water partition coefficient (Wildman–Crippen LogP) is 2.93. The van der Waals surface area contributed by atoms with Gasteiger partial charge >= 0.3 is 0 Å². The molecule has 246 valence electrons. The van der Waals surface area contributed by atoms with Crippen molar-refractivity contribution in [2.75, 3.05) is 79.3 Å². The highest BCUT2D eigenvalue weighted by molar-refractivity contribution is 5.50. The minimum absolute atomic E-state index is 0.556. The van der Waals surface area contributed by atoms with Gasteiger partial charge in [-0.1, -0.05) is 0 Å². The Bertz CT molecular complexity index is 436. The lowest BCUT2D eigenvalue weighted by atomic mass is 10.3. The molecular weight excluding hydrogens is 552 g/mol. The summed E-state index contributed by atoms with van der Waals surface area (Å²) in [5.41, 5.74) is 0. The second-order valence-corrected chi connectivity index (χ2v) is 8.53. The molecule has 0 aliphatic heterocycles. The third-order valence-corrected chi connectivity index (χ3v) is 4.78. The van der Waals surface area contributed by atoms with Crippen molar-refractivity contribution in [3.8, 4) is 0 Å². The van der Waals surface area contributed by atoms with Crippen LogP contribution in [-0.4, -0.2) is 117 Å². The molecule has 0 aliphatic rings. The second-order valence-electron chi connectivity index (χ2n) is 8.53. The smallest absolute Gasteiger partial charge is 0.120 e. The van der Waals surface area contributed by atoms with E-state index in [0.717, 1.165) is 76.2 Å². The number of unbranched alkanes of at least 4 members (excludes halogenated alkanes) is 6. The number of aldehydes is 6. The van der Waals surface area contributed by atoms with Gasteiger partial charge in [0.15, 0.2) is 0 Å². The molecule has 12 heteroatoms. The van der Waals surface area contributed by atoms with E-state index in [1.165, 1.54) is 0 Å². The topological polar surface area (TPSA) is 158 Å². The highest BCUT2D eigenvalue weighted by atomic mass is 16.5. The minimum atomic E-state index is 0.556. The normalized spacial score (nSPS) is 10.0. The van der Waals surface area contributed by atoms with E-state index < -0.39 is 0 Å². The summed E-state index contributed by atoms with van der Waals surface area (Å²) in [4.78, 5) is 59.6. The molecule has 42 heavy (non-hydrogen) atoms. The SMILES string of the molecule is O=CCCCOCCOCCCC=O.O=CCCCOCCOCCCC=O.O=CCCCOCCOCCCC=O. The van der Waals surface area contributed by atoms with E-state index in [-0.39, 0.29) is 0 Å². The third kappa shape index (κ3) is 53.9. The van der Waals surface area contributed by atoms with Gasteiger partial charge in [0.05, 0.1) is 39.6 Å². The van der Waals surface area contributed by atoms with Crippen LogP contribution >= 0.6 is 0 Å². The first kappa shape index (κ1) is 44.2. The summed E-state index contributed by atoms with van der Waals surface area (Å²) in [5.74, 6) is 0. The number of carbonyl (C=O) groups is 6. The molecule has 0 saturated heterocycles. The fraction of sp³-hybridized carbons (Fsp3) is 0.800. The Hall–Kier alpha value is -2.22. The number of carbonyl (C=O) groups excluding carboxylic acids is 6. The molecule has 0 spiro atoms. The quantitative estimate of drug-likeness (QED) is 0.0796. The molecule has 0 aromatic carbocycles. The summed E-state index contributed by atoms with van der Waals surface area (Å²) in [6.07, 6.45) is 13.3. The van der Waals surface area contributed by atoms with E-state index in [4.69, 9.17) is 28.4 Å². The molecule has 0 aromatic rings. The monoisotopic (exact) mass is 606 g/mol.